The molecule has 7 nitrogen and oxygen atoms in total. The molecular formula is C18H16BrClFN3O4. The van der Waals surface area contributed by atoms with Gasteiger partial charge < -0.3 is 19.5 Å². The van der Waals surface area contributed by atoms with E-state index in [1.54, 1.807) is 15.9 Å². The highest BCUT2D eigenvalue weighted by Gasteiger charge is 2.26. The molecule has 0 atom stereocenters. The van der Waals surface area contributed by atoms with Crippen molar-refractivity contribution in [2.75, 3.05) is 32.7 Å². The van der Waals surface area contributed by atoms with E-state index in [4.69, 9.17) is 16.0 Å². The number of benzene rings is 1. The Morgan fingerprint density at radius 1 is 1.11 bits per heavy atom. The molecule has 1 N–H and O–H groups in total. The minimum atomic E-state index is -0.513. The van der Waals surface area contributed by atoms with Crippen molar-refractivity contribution < 1.29 is 23.2 Å². The Balaban J connectivity index is 1.49. The molecule has 1 aromatic heterocycles. The van der Waals surface area contributed by atoms with Gasteiger partial charge in [-0.25, -0.2) is 4.39 Å². The maximum atomic E-state index is 13.1. The number of hydrogen-bond acceptors (Lipinski definition) is 4. The number of halogens is 3. The molecule has 10 heteroatoms. The largest absolute Gasteiger partial charge is 0.444 e. The molecule has 1 aromatic carbocycles. The Hall–Kier alpha value is -2.39. The van der Waals surface area contributed by atoms with E-state index in [1.165, 1.54) is 18.2 Å². The Bertz CT molecular complexity index is 912. The van der Waals surface area contributed by atoms with Crippen molar-refractivity contribution in [3.8, 4) is 0 Å². The third-order valence-electron chi connectivity index (χ3n) is 4.28. The molecule has 2 heterocycles. The number of hydrogen-bond donors (Lipinski definition) is 1. The first-order valence-corrected chi connectivity index (χ1v) is 9.58. The summed E-state index contributed by atoms with van der Waals surface area (Å²) in [5, 5.41) is 2.56. The zero-order valence-electron chi connectivity index (χ0n) is 14.6. The van der Waals surface area contributed by atoms with E-state index in [2.05, 4.69) is 21.2 Å². The molecule has 0 aliphatic carbocycles. The van der Waals surface area contributed by atoms with Crippen molar-refractivity contribution in [2.24, 2.45) is 0 Å². The summed E-state index contributed by atoms with van der Waals surface area (Å²) >= 11 is 9.05. The van der Waals surface area contributed by atoms with Gasteiger partial charge in [-0.05, 0) is 46.3 Å². The fourth-order valence-corrected chi connectivity index (χ4v) is 3.34. The third-order valence-corrected chi connectivity index (χ3v) is 5.02. The number of carbonyl (C=O) groups is 3. The Kier molecular flexibility index (Phi) is 6.35. The van der Waals surface area contributed by atoms with E-state index < -0.39 is 11.7 Å². The van der Waals surface area contributed by atoms with Gasteiger partial charge in [0, 0.05) is 26.2 Å². The van der Waals surface area contributed by atoms with Gasteiger partial charge in [-0.3, -0.25) is 14.4 Å². The lowest BCUT2D eigenvalue weighted by atomic mass is 10.1. The van der Waals surface area contributed by atoms with Gasteiger partial charge in [0.05, 0.1) is 17.1 Å². The average Bonchev–Trinajstić information content (AvgIpc) is 3.12. The van der Waals surface area contributed by atoms with Crippen molar-refractivity contribution in [3.63, 3.8) is 0 Å². The Labute approximate surface area is 173 Å². The van der Waals surface area contributed by atoms with Crippen LogP contribution in [0.4, 0.5) is 4.39 Å². The summed E-state index contributed by atoms with van der Waals surface area (Å²) in [6.45, 7) is 1.11. The number of nitrogens with zero attached hydrogens (tertiary/aromatic N) is 2. The number of furan rings is 1. The molecule has 0 bridgehead atoms. The van der Waals surface area contributed by atoms with Crippen LogP contribution in [0.1, 0.15) is 20.9 Å². The first-order chi connectivity index (χ1) is 13.3. The summed E-state index contributed by atoms with van der Waals surface area (Å²) in [7, 11) is 0. The molecule has 0 saturated carbocycles. The molecule has 2 aromatic rings. The third kappa shape index (κ3) is 4.71. The van der Waals surface area contributed by atoms with Crippen molar-refractivity contribution in [1.29, 1.82) is 0 Å². The zero-order chi connectivity index (χ0) is 20.3. The standard InChI is InChI=1S/C18H16BrClFN3O4/c19-15-4-3-14(28-15)17(26)22-10-16(25)23-5-7-24(8-6-23)18(27)12-2-1-11(21)9-13(12)20/h1-4,9H,5-8,10H2,(H,22,26). The molecule has 1 fully saturated rings. The van der Waals surface area contributed by atoms with Crippen LogP contribution in [0.3, 0.4) is 0 Å². The monoisotopic (exact) mass is 471 g/mol. The number of nitrogens with one attached hydrogen (secondary N) is 1. The maximum absolute atomic E-state index is 13.1. The lowest BCUT2D eigenvalue weighted by molar-refractivity contribution is -0.131. The molecule has 3 rings (SSSR count). The summed E-state index contributed by atoms with van der Waals surface area (Å²) in [6.07, 6.45) is 0. The number of rotatable bonds is 4. The first-order valence-electron chi connectivity index (χ1n) is 8.41. The fraction of sp³-hybridized carbons (Fsp3) is 0.278. The van der Waals surface area contributed by atoms with Gasteiger partial charge in [-0.2, -0.15) is 0 Å². The molecule has 0 unspecified atom stereocenters. The van der Waals surface area contributed by atoms with Gasteiger partial charge in [-0.1, -0.05) is 11.6 Å². The lowest BCUT2D eigenvalue weighted by Gasteiger charge is -2.35. The molecule has 3 amide bonds. The summed E-state index contributed by atoms with van der Waals surface area (Å²) in [5.41, 5.74) is 0.222. The molecule has 1 aliphatic rings. The van der Waals surface area contributed by atoms with Gasteiger partial charge in [0.15, 0.2) is 10.4 Å². The molecule has 0 spiro atoms. The molecule has 1 aliphatic heterocycles. The quantitative estimate of drug-likeness (QED) is 0.741. The van der Waals surface area contributed by atoms with E-state index >= 15 is 0 Å². The first kappa shape index (κ1) is 20.3. The van der Waals surface area contributed by atoms with Crippen LogP contribution in [0.25, 0.3) is 0 Å². The van der Waals surface area contributed by atoms with E-state index in [0.29, 0.717) is 30.8 Å². The predicted octanol–water partition coefficient (Wildman–Crippen LogP) is 2.55. The highest BCUT2D eigenvalue weighted by atomic mass is 79.9. The molecule has 28 heavy (non-hydrogen) atoms. The van der Waals surface area contributed by atoms with Crippen molar-refractivity contribution in [2.45, 2.75) is 0 Å². The van der Waals surface area contributed by atoms with Crippen LogP contribution in [0, 0.1) is 5.82 Å². The van der Waals surface area contributed by atoms with Crippen molar-refractivity contribution >= 4 is 45.3 Å². The minimum Gasteiger partial charge on any atom is -0.444 e. The summed E-state index contributed by atoms with van der Waals surface area (Å²) < 4.78 is 18.7. The van der Waals surface area contributed by atoms with Crippen molar-refractivity contribution in [3.05, 3.63) is 57.2 Å². The zero-order valence-corrected chi connectivity index (χ0v) is 16.9. The number of amides is 3. The number of piperazine rings is 1. The second kappa shape index (κ2) is 8.74. The van der Waals surface area contributed by atoms with E-state index in [1.807, 2.05) is 0 Å². The van der Waals surface area contributed by atoms with Crippen LogP contribution >= 0.6 is 27.5 Å². The van der Waals surface area contributed by atoms with E-state index in [9.17, 15) is 18.8 Å². The Morgan fingerprint density at radius 2 is 1.79 bits per heavy atom. The molecule has 1 saturated heterocycles. The van der Waals surface area contributed by atoms with E-state index in [0.717, 1.165) is 6.07 Å². The van der Waals surface area contributed by atoms with Crippen LogP contribution in [0.2, 0.25) is 5.02 Å². The fourth-order valence-electron chi connectivity index (χ4n) is 2.78. The van der Waals surface area contributed by atoms with Crippen molar-refractivity contribution in [1.82, 2.24) is 15.1 Å². The maximum Gasteiger partial charge on any atom is 0.287 e. The predicted molar refractivity (Wildman–Crippen MR) is 103 cm³/mol. The topological polar surface area (TPSA) is 82.9 Å². The second-order valence-electron chi connectivity index (χ2n) is 6.08. The highest BCUT2D eigenvalue weighted by Crippen LogP contribution is 2.20. The highest BCUT2D eigenvalue weighted by molar-refractivity contribution is 9.10. The van der Waals surface area contributed by atoms with Gasteiger partial charge in [0.1, 0.15) is 5.82 Å². The summed E-state index contributed by atoms with van der Waals surface area (Å²) in [5.74, 6) is -1.47. The lowest BCUT2D eigenvalue weighted by Crippen LogP contribution is -2.52. The van der Waals surface area contributed by atoms with Gasteiger partial charge in [0.25, 0.3) is 11.8 Å². The van der Waals surface area contributed by atoms with E-state index in [-0.39, 0.29) is 34.7 Å². The normalized spacial score (nSPS) is 14.1. The minimum absolute atomic E-state index is 0.0516. The summed E-state index contributed by atoms with van der Waals surface area (Å²) in [4.78, 5) is 39.8. The molecule has 148 valence electrons. The van der Waals surface area contributed by atoms with Gasteiger partial charge in [-0.15, -0.1) is 0 Å². The molecular weight excluding hydrogens is 457 g/mol. The van der Waals surface area contributed by atoms with Crippen LogP contribution < -0.4 is 5.32 Å². The smallest absolute Gasteiger partial charge is 0.287 e. The van der Waals surface area contributed by atoms with Crippen LogP contribution in [-0.2, 0) is 4.79 Å². The van der Waals surface area contributed by atoms with Crippen LogP contribution in [-0.4, -0.2) is 60.2 Å². The van der Waals surface area contributed by atoms with Gasteiger partial charge >= 0.3 is 0 Å². The summed E-state index contributed by atoms with van der Waals surface area (Å²) in [6, 6.07) is 6.70. The number of carbonyl (C=O) groups excluding carboxylic acids is 3. The second-order valence-corrected chi connectivity index (χ2v) is 7.27. The SMILES string of the molecule is O=C(NCC(=O)N1CCN(C(=O)c2ccc(F)cc2Cl)CC1)c1ccc(Br)o1. The average molecular weight is 473 g/mol. The van der Waals surface area contributed by atoms with Crippen LogP contribution in [0.15, 0.2) is 39.4 Å². The Morgan fingerprint density at radius 3 is 2.39 bits per heavy atom. The van der Waals surface area contributed by atoms with Gasteiger partial charge in [0.2, 0.25) is 5.91 Å². The van der Waals surface area contributed by atoms with Crippen LogP contribution in [0.5, 0.6) is 0 Å². The molecule has 0 radical (unpaired) electrons.